The van der Waals surface area contributed by atoms with Crippen LogP contribution in [0.4, 0.5) is 4.39 Å². The molecular weight excluding hydrogens is 317 g/mol. The van der Waals surface area contributed by atoms with Gasteiger partial charge in [0.15, 0.2) is 0 Å². The molecule has 0 aromatic heterocycles. The number of carbonyl (C=O) groups is 1. The fourth-order valence-corrected chi connectivity index (χ4v) is 3.04. The maximum atomic E-state index is 13.9. The van der Waals surface area contributed by atoms with Crippen LogP contribution in [0.2, 0.25) is 0 Å². The molecule has 1 aromatic rings. The number of amides is 1. The topological polar surface area (TPSA) is 54.5 Å². The molecule has 0 saturated carbocycles. The van der Waals surface area contributed by atoms with Crippen LogP contribution < -0.4 is 0 Å². The van der Waals surface area contributed by atoms with Crippen molar-refractivity contribution in [1.29, 1.82) is 0 Å². The second-order valence-corrected chi connectivity index (χ2v) is 7.98. The van der Waals surface area contributed by atoms with Gasteiger partial charge in [-0.1, -0.05) is 13.8 Å². The van der Waals surface area contributed by atoms with Crippen molar-refractivity contribution in [1.82, 2.24) is 4.90 Å². The maximum Gasteiger partial charge on any atom is 0.261 e. The molecule has 4 nitrogen and oxygen atoms in total. The SMILES string of the molecule is Cc1cc(F)c(C(=O)N(C)CCC(C)C)cc1S(=O)(=O)Cl. The lowest BCUT2D eigenvalue weighted by molar-refractivity contribution is 0.0784. The maximum absolute atomic E-state index is 13.9. The van der Waals surface area contributed by atoms with Crippen molar-refractivity contribution < 1.29 is 17.6 Å². The number of nitrogens with zero attached hydrogens (tertiary/aromatic N) is 1. The van der Waals surface area contributed by atoms with E-state index in [4.69, 9.17) is 10.7 Å². The predicted molar refractivity (Wildman–Crippen MR) is 80.6 cm³/mol. The summed E-state index contributed by atoms with van der Waals surface area (Å²) >= 11 is 0. The number of benzene rings is 1. The first kappa shape index (κ1) is 17.9. The van der Waals surface area contributed by atoms with E-state index in [-0.39, 0.29) is 16.0 Å². The number of hydrogen-bond donors (Lipinski definition) is 0. The number of hydrogen-bond acceptors (Lipinski definition) is 3. The first-order chi connectivity index (χ1) is 9.54. The second kappa shape index (κ2) is 6.75. The second-order valence-electron chi connectivity index (χ2n) is 5.44. The van der Waals surface area contributed by atoms with Crippen molar-refractivity contribution in [2.75, 3.05) is 13.6 Å². The van der Waals surface area contributed by atoms with Gasteiger partial charge in [-0.2, -0.15) is 0 Å². The molecule has 0 radical (unpaired) electrons. The number of aryl methyl sites for hydroxylation is 1. The van der Waals surface area contributed by atoms with Crippen LogP contribution in [0.3, 0.4) is 0 Å². The van der Waals surface area contributed by atoms with Gasteiger partial charge in [0.2, 0.25) is 0 Å². The Morgan fingerprint density at radius 1 is 1.38 bits per heavy atom. The van der Waals surface area contributed by atoms with Crippen LogP contribution in [0.15, 0.2) is 17.0 Å². The monoisotopic (exact) mass is 335 g/mol. The summed E-state index contributed by atoms with van der Waals surface area (Å²) in [5.74, 6) is -0.908. The number of halogens is 2. The van der Waals surface area contributed by atoms with Gasteiger partial charge in [0.25, 0.3) is 15.0 Å². The Labute approximate surface area is 129 Å². The summed E-state index contributed by atoms with van der Waals surface area (Å²) in [4.78, 5) is 13.3. The summed E-state index contributed by atoms with van der Waals surface area (Å²) in [5, 5.41) is 0. The molecule has 0 N–H and O–H groups in total. The standard InChI is InChI=1S/C14H19ClFNO3S/c1-9(2)5-6-17(4)14(18)11-8-13(21(15,19)20)10(3)7-12(11)16/h7-9H,5-6H2,1-4H3. The van der Waals surface area contributed by atoms with Crippen molar-refractivity contribution >= 4 is 25.6 Å². The zero-order valence-electron chi connectivity index (χ0n) is 12.5. The average molecular weight is 336 g/mol. The predicted octanol–water partition coefficient (Wildman–Crippen LogP) is 3.18. The van der Waals surface area contributed by atoms with Gasteiger partial charge in [-0.3, -0.25) is 4.79 Å². The smallest absolute Gasteiger partial charge is 0.261 e. The molecule has 1 aromatic carbocycles. The largest absolute Gasteiger partial charge is 0.342 e. The van der Waals surface area contributed by atoms with E-state index in [0.29, 0.717) is 12.5 Å². The van der Waals surface area contributed by atoms with E-state index in [1.54, 1.807) is 7.05 Å². The Morgan fingerprint density at radius 2 is 1.95 bits per heavy atom. The first-order valence-corrected chi connectivity index (χ1v) is 8.85. The third-order valence-corrected chi connectivity index (χ3v) is 4.61. The van der Waals surface area contributed by atoms with E-state index in [1.807, 2.05) is 13.8 Å². The highest BCUT2D eigenvalue weighted by Gasteiger charge is 2.22. The summed E-state index contributed by atoms with van der Waals surface area (Å²) in [6.07, 6.45) is 0.774. The summed E-state index contributed by atoms with van der Waals surface area (Å²) in [7, 11) is 2.83. The van der Waals surface area contributed by atoms with Crippen LogP contribution in [-0.4, -0.2) is 32.8 Å². The highest BCUT2D eigenvalue weighted by Crippen LogP contribution is 2.24. The normalized spacial score (nSPS) is 11.8. The molecule has 0 bridgehead atoms. The van der Waals surface area contributed by atoms with E-state index >= 15 is 0 Å². The molecule has 1 amide bonds. The van der Waals surface area contributed by atoms with Gasteiger partial charge < -0.3 is 4.90 Å². The number of carbonyl (C=O) groups excluding carboxylic acids is 1. The lowest BCUT2D eigenvalue weighted by atomic mass is 10.1. The summed E-state index contributed by atoms with van der Waals surface area (Å²) in [6.45, 7) is 5.92. The molecule has 7 heteroatoms. The summed E-state index contributed by atoms with van der Waals surface area (Å²) in [6, 6.07) is 2.01. The Hall–Kier alpha value is -1.14. The minimum atomic E-state index is -4.02. The van der Waals surface area contributed by atoms with Gasteiger partial charge in [0.1, 0.15) is 5.82 Å². The third-order valence-electron chi connectivity index (χ3n) is 3.15. The van der Waals surface area contributed by atoms with Crippen molar-refractivity contribution in [2.45, 2.75) is 32.1 Å². The van der Waals surface area contributed by atoms with Crippen LogP contribution in [0, 0.1) is 18.7 Å². The lowest BCUT2D eigenvalue weighted by Crippen LogP contribution is -2.29. The van der Waals surface area contributed by atoms with Crippen LogP contribution in [-0.2, 0) is 9.05 Å². The fourth-order valence-electron chi connectivity index (χ4n) is 1.84. The quantitative estimate of drug-likeness (QED) is 0.776. The fraction of sp³-hybridized carbons (Fsp3) is 0.500. The summed E-state index contributed by atoms with van der Waals surface area (Å²) in [5.41, 5.74) is -0.116. The van der Waals surface area contributed by atoms with E-state index in [0.717, 1.165) is 18.6 Å². The Balaban J connectivity index is 3.16. The van der Waals surface area contributed by atoms with Gasteiger partial charge in [-0.15, -0.1) is 0 Å². The van der Waals surface area contributed by atoms with Crippen LogP contribution in [0.1, 0.15) is 36.2 Å². The average Bonchev–Trinajstić information content (AvgIpc) is 2.33. The summed E-state index contributed by atoms with van der Waals surface area (Å²) < 4.78 is 36.8. The van der Waals surface area contributed by atoms with Crippen LogP contribution >= 0.6 is 10.7 Å². The van der Waals surface area contributed by atoms with Crippen molar-refractivity contribution in [3.8, 4) is 0 Å². The van der Waals surface area contributed by atoms with Crippen LogP contribution in [0.25, 0.3) is 0 Å². The molecule has 118 valence electrons. The number of rotatable bonds is 5. The van der Waals surface area contributed by atoms with E-state index < -0.39 is 20.8 Å². The highest BCUT2D eigenvalue weighted by atomic mass is 35.7. The molecular formula is C14H19ClFNO3S. The molecule has 21 heavy (non-hydrogen) atoms. The zero-order chi connectivity index (χ0) is 16.4. The van der Waals surface area contributed by atoms with Gasteiger partial charge in [0.05, 0.1) is 10.5 Å². The van der Waals surface area contributed by atoms with Gasteiger partial charge in [-0.25, -0.2) is 12.8 Å². The minimum absolute atomic E-state index is 0.170. The lowest BCUT2D eigenvalue weighted by Gasteiger charge is -2.19. The molecule has 0 aliphatic rings. The third kappa shape index (κ3) is 4.68. The van der Waals surface area contributed by atoms with Crippen molar-refractivity contribution in [3.63, 3.8) is 0 Å². The van der Waals surface area contributed by atoms with Gasteiger partial charge in [-0.05, 0) is 37.0 Å². The van der Waals surface area contributed by atoms with Crippen molar-refractivity contribution in [2.24, 2.45) is 5.92 Å². The molecule has 0 aliphatic carbocycles. The molecule has 0 fully saturated rings. The van der Waals surface area contributed by atoms with E-state index in [2.05, 4.69) is 0 Å². The first-order valence-electron chi connectivity index (χ1n) is 6.54. The van der Waals surface area contributed by atoms with Gasteiger partial charge in [0, 0.05) is 24.3 Å². The Bertz CT molecular complexity index is 644. The molecule has 0 aliphatic heterocycles. The Morgan fingerprint density at radius 3 is 2.43 bits per heavy atom. The molecule has 1 rings (SSSR count). The van der Waals surface area contributed by atoms with Crippen molar-refractivity contribution in [3.05, 3.63) is 29.1 Å². The molecule has 0 atom stereocenters. The molecule has 0 saturated heterocycles. The molecule has 0 heterocycles. The zero-order valence-corrected chi connectivity index (χ0v) is 14.1. The van der Waals surface area contributed by atoms with E-state index in [1.165, 1.54) is 11.8 Å². The van der Waals surface area contributed by atoms with E-state index in [9.17, 15) is 17.6 Å². The molecule has 0 spiro atoms. The van der Waals surface area contributed by atoms with Gasteiger partial charge >= 0.3 is 0 Å². The molecule has 0 unspecified atom stereocenters. The highest BCUT2D eigenvalue weighted by molar-refractivity contribution is 8.13. The minimum Gasteiger partial charge on any atom is -0.342 e. The van der Waals surface area contributed by atoms with Crippen LogP contribution in [0.5, 0.6) is 0 Å². The Kier molecular flexibility index (Phi) is 5.75.